The van der Waals surface area contributed by atoms with Crippen LogP contribution >= 0.6 is 0 Å². The van der Waals surface area contributed by atoms with Gasteiger partial charge in [0.05, 0.1) is 4.90 Å². The molecule has 122 valence electrons. The molecule has 0 saturated carbocycles. The minimum absolute atomic E-state index is 0.0264. The smallest absolute Gasteiger partial charge is 0.219 e. The Hall–Kier alpha value is -2.21. The Morgan fingerprint density at radius 2 is 1.70 bits per heavy atom. The summed E-state index contributed by atoms with van der Waals surface area (Å²) in [4.78, 5) is 11.5. The molecule has 1 atom stereocenters. The lowest BCUT2D eigenvalue weighted by atomic mass is 10.1. The Kier molecular flexibility index (Phi) is 5.50. The Morgan fingerprint density at radius 1 is 1.09 bits per heavy atom. The second-order valence-electron chi connectivity index (χ2n) is 5.06. The van der Waals surface area contributed by atoms with E-state index in [-0.39, 0.29) is 23.8 Å². The Balaban J connectivity index is 2.39. The van der Waals surface area contributed by atoms with E-state index in [0.29, 0.717) is 5.56 Å². The van der Waals surface area contributed by atoms with Crippen LogP contribution in [-0.2, 0) is 14.6 Å². The summed E-state index contributed by atoms with van der Waals surface area (Å²) in [5.41, 5.74) is 0.577. The second-order valence-corrected chi connectivity index (χ2v) is 7.19. The third-order valence-corrected chi connectivity index (χ3v) is 5.61. The average Bonchev–Trinajstić information content (AvgIpc) is 2.56. The van der Waals surface area contributed by atoms with E-state index in [1.165, 1.54) is 12.1 Å². The topological polar surface area (TPSA) is 63.2 Å². The van der Waals surface area contributed by atoms with Crippen molar-refractivity contribution in [2.75, 3.05) is 6.54 Å². The molecule has 2 rings (SSSR count). The first-order valence-electron chi connectivity index (χ1n) is 7.26. The largest absolute Gasteiger partial charge is 0.354 e. The van der Waals surface area contributed by atoms with Crippen LogP contribution in [0.15, 0.2) is 59.5 Å². The van der Waals surface area contributed by atoms with Gasteiger partial charge < -0.3 is 5.32 Å². The molecule has 4 nitrogen and oxygen atoms in total. The van der Waals surface area contributed by atoms with Crippen molar-refractivity contribution in [2.45, 2.75) is 23.5 Å². The molecule has 0 radical (unpaired) electrons. The molecule has 2 aromatic carbocycles. The number of hydrogen-bond donors (Lipinski definition) is 1. The fraction of sp³-hybridized carbons (Fsp3) is 0.235. The van der Waals surface area contributed by atoms with Gasteiger partial charge in [-0.2, -0.15) is 0 Å². The molecular formula is C17H18FNO3S. The van der Waals surface area contributed by atoms with Gasteiger partial charge in [-0.15, -0.1) is 0 Å². The Bertz CT molecular complexity index is 758. The number of carbonyl (C=O) groups excluding carboxylic acids is 1. The first kappa shape index (κ1) is 17.1. The van der Waals surface area contributed by atoms with Crippen LogP contribution in [0.3, 0.4) is 0 Å². The van der Waals surface area contributed by atoms with Crippen LogP contribution in [-0.4, -0.2) is 20.9 Å². The Morgan fingerprint density at radius 3 is 2.26 bits per heavy atom. The number of sulfone groups is 1. The van der Waals surface area contributed by atoms with Crippen molar-refractivity contribution in [3.05, 3.63) is 66.0 Å². The van der Waals surface area contributed by atoms with Crippen molar-refractivity contribution in [2.24, 2.45) is 0 Å². The van der Waals surface area contributed by atoms with Crippen LogP contribution in [0.4, 0.5) is 4.39 Å². The van der Waals surface area contributed by atoms with Gasteiger partial charge in [0.1, 0.15) is 11.1 Å². The molecule has 0 fully saturated rings. The molecule has 1 N–H and O–H groups in total. The minimum Gasteiger partial charge on any atom is -0.354 e. The molecule has 0 aliphatic heterocycles. The van der Waals surface area contributed by atoms with Crippen LogP contribution in [0.1, 0.15) is 24.2 Å². The van der Waals surface area contributed by atoms with Crippen LogP contribution in [0.25, 0.3) is 0 Å². The zero-order chi connectivity index (χ0) is 16.9. The maximum atomic E-state index is 13.0. The van der Waals surface area contributed by atoms with Gasteiger partial charge in [0, 0.05) is 13.0 Å². The molecule has 0 saturated heterocycles. The fourth-order valence-electron chi connectivity index (χ4n) is 2.19. The summed E-state index contributed by atoms with van der Waals surface area (Å²) < 4.78 is 38.8. The summed E-state index contributed by atoms with van der Waals surface area (Å²) in [6.45, 7) is 1.66. The lowest BCUT2D eigenvalue weighted by Crippen LogP contribution is -2.31. The molecule has 0 aromatic heterocycles. The van der Waals surface area contributed by atoms with E-state index in [1.54, 1.807) is 37.3 Å². The van der Waals surface area contributed by atoms with Gasteiger partial charge in [0.2, 0.25) is 5.91 Å². The van der Waals surface area contributed by atoms with Crippen molar-refractivity contribution in [3.8, 4) is 0 Å². The molecule has 23 heavy (non-hydrogen) atoms. The van der Waals surface area contributed by atoms with Crippen LogP contribution in [0.5, 0.6) is 0 Å². The minimum atomic E-state index is -3.76. The molecule has 0 spiro atoms. The molecule has 1 unspecified atom stereocenters. The molecule has 0 bridgehead atoms. The summed E-state index contributed by atoms with van der Waals surface area (Å²) >= 11 is 0. The van der Waals surface area contributed by atoms with E-state index in [9.17, 15) is 17.6 Å². The number of rotatable bonds is 6. The van der Waals surface area contributed by atoms with Crippen LogP contribution in [0.2, 0.25) is 0 Å². The van der Waals surface area contributed by atoms with Crippen molar-refractivity contribution < 1.29 is 17.6 Å². The van der Waals surface area contributed by atoms with Crippen molar-refractivity contribution in [1.29, 1.82) is 0 Å². The highest BCUT2D eigenvalue weighted by Gasteiger charge is 2.29. The SMILES string of the molecule is CCC(=O)NCC(c1ccccc1)S(=O)(=O)c1ccc(F)cc1. The lowest BCUT2D eigenvalue weighted by molar-refractivity contribution is -0.120. The number of carbonyl (C=O) groups is 1. The number of amides is 1. The Labute approximate surface area is 135 Å². The lowest BCUT2D eigenvalue weighted by Gasteiger charge is -2.19. The summed E-state index contributed by atoms with van der Waals surface area (Å²) in [5, 5.41) is 1.70. The summed E-state index contributed by atoms with van der Waals surface area (Å²) in [5.74, 6) is -0.722. The fourth-order valence-corrected chi connectivity index (χ4v) is 3.86. The highest BCUT2D eigenvalue weighted by Crippen LogP contribution is 2.28. The van der Waals surface area contributed by atoms with Gasteiger partial charge in [-0.3, -0.25) is 4.79 Å². The van der Waals surface area contributed by atoms with E-state index in [2.05, 4.69) is 5.32 Å². The third kappa shape index (κ3) is 4.16. The first-order valence-corrected chi connectivity index (χ1v) is 8.81. The zero-order valence-electron chi connectivity index (χ0n) is 12.7. The molecule has 2 aromatic rings. The highest BCUT2D eigenvalue weighted by molar-refractivity contribution is 7.91. The third-order valence-electron chi connectivity index (χ3n) is 3.49. The molecule has 6 heteroatoms. The normalized spacial score (nSPS) is 12.6. The number of nitrogens with one attached hydrogen (secondary N) is 1. The quantitative estimate of drug-likeness (QED) is 0.826. The maximum Gasteiger partial charge on any atom is 0.219 e. The van der Waals surface area contributed by atoms with Gasteiger partial charge in [-0.05, 0) is 29.8 Å². The van der Waals surface area contributed by atoms with Gasteiger partial charge in [0.15, 0.2) is 9.84 Å². The standard InChI is InChI=1S/C17H18FNO3S/c1-2-17(20)19-12-16(13-6-4-3-5-7-13)23(21,22)15-10-8-14(18)9-11-15/h3-11,16H,2,12H2,1H3,(H,19,20). The number of halogens is 1. The van der Waals surface area contributed by atoms with E-state index >= 15 is 0 Å². The van der Waals surface area contributed by atoms with Crippen molar-refractivity contribution in [3.63, 3.8) is 0 Å². The predicted octanol–water partition coefficient (Wildman–Crippen LogP) is 2.87. The van der Waals surface area contributed by atoms with Crippen molar-refractivity contribution in [1.82, 2.24) is 5.32 Å². The highest BCUT2D eigenvalue weighted by atomic mass is 32.2. The van der Waals surface area contributed by atoms with E-state index < -0.39 is 20.9 Å². The van der Waals surface area contributed by atoms with Crippen molar-refractivity contribution >= 4 is 15.7 Å². The van der Waals surface area contributed by atoms with E-state index in [4.69, 9.17) is 0 Å². The second kappa shape index (κ2) is 7.37. The number of hydrogen-bond acceptors (Lipinski definition) is 3. The van der Waals surface area contributed by atoms with E-state index in [0.717, 1.165) is 12.1 Å². The predicted molar refractivity (Wildman–Crippen MR) is 86.1 cm³/mol. The van der Waals surface area contributed by atoms with E-state index in [1.807, 2.05) is 0 Å². The van der Waals surface area contributed by atoms with Crippen LogP contribution in [0, 0.1) is 5.82 Å². The van der Waals surface area contributed by atoms with Gasteiger partial charge in [-0.25, -0.2) is 12.8 Å². The van der Waals surface area contributed by atoms with Gasteiger partial charge in [0.25, 0.3) is 0 Å². The van der Waals surface area contributed by atoms with Gasteiger partial charge in [-0.1, -0.05) is 37.3 Å². The first-order chi connectivity index (χ1) is 10.9. The summed E-state index contributed by atoms with van der Waals surface area (Å²) in [6, 6.07) is 13.4. The molecule has 1 amide bonds. The molecule has 0 heterocycles. The maximum absolute atomic E-state index is 13.0. The molecule has 0 aliphatic rings. The zero-order valence-corrected chi connectivity index (χ0v) is 13.5. The molecular weight excluding hydrogens is 317 g/mol. The van der Waals surface area contributed by atoms with Crippen LogP contribution < -0.4 is 5.32 Å². The molecule has 0 aliphatic carbocycles. The average molecular weight is 335 g/mol. The van der Waals surface area contributed by atoms with Gasteiger partial charge >= 0.3 is 0 Å². The summed E-state index contributed by atoms with van der Waals surface area (Å²) in [6.07, 6.45) is 0.276. The monoisotopic (exact) mass is 335 g/mol. The number of benzene rings is 2. The summed E-state index contributed by atoms with van der Waals surface area (Å²) in [7, 11) is -3.76.